The van der Waals surface area contributed by atoms with Crippen LogP contribution >= 0.6 is 0 Å². The van der Waals surface area contributed by atoms with Crippen LogP contribution in [-0.2, 0) is 14.8 Å². The zero-order chi connectivity index (χ0) is 9.90. The van der Waals surface area contributed by atoms with Crippen LogP contribution in [0.1, 0.15) is 6.42 Å². The van der Waals surface area contributed by atoms with Gasteiger partial charge in [0.1, 0.15) is 0 Å². The molecule has 1 aliphatic carbocycles. The summed E-state index contributed by atoms with van der Waals surface area (Å²) in [6, 6.07) is 0. The quantitative estimate of drug-likeness (QED) is 0.722. The summed E-state index contributed by atoms with van der Waals surface area (Å²) in [5.74, 6) is 0. The average Bonchev–Trinajstić information content (AvgIpc) is 2.03. The summed E-state index contributed by atoms with van der Waals surface area (Å²) < 4.78 is 29.1. The highest BCUT2D eigenvalue weighted by atomic mass is 32.2. The number of hydrogen-bond donors (Lipinski definition) is 1. The molecule has 1 N–H and O–H groups in total. The zero-order valence-electron chi connectivity index (χ0n) is 7.65. The van der Waals surface area contributed by atoms with Crippen molar-refractivity contribution in [2.24, 2.45) is 0 Å². The third-order valence-electron chi connectivity index (χ3n) is 1.67. The van der Waals surface area contributed by atoms with Gasteiger partial charge in [0.2, 0.25) is 10.0 Å². The van der Waals surface area contributed by atoms with Gasteiger partial charge in [-0.3, -0.25) is 4.72 Å². The van der Waals surface area contributed by atoms with Crippen LogP contribution in [0.4, 0.5) is 0 Å². The average molecular weight is 203 g/mol. The topological polar surface area (TPSA) is 55.4 Å². The first-order chi connectivity index (χ1) is 6.01. The van der Waals surface area contributed by atoms with Crippen molar-refractivity contribution in [2.75, 3.05) is 13.4 Å². The van der Waals surface area contributed by atoms with Crippen molar-refractivity contribution < 1.29 is 13.2 Å². The van der Waals surface area contributed by atoms with E-state index in [4.69, 9.17) is 4.74 Å². The molecule has 1 rings (SSSR count). The molecule has 0 aromatic heterocycles. The molecule has 5 heteroatoms. The van der Waals surface area contributed by atoms with E-state index in [0.717, 1.165) is 6.26 Å². The Balaban J connectivity index is 2.58. The standard InChI is InChI=1S/C8H13NO3S/c1-12-8-5-3-7(4-6-8)9-13(2,10)11/h3-5,8-9H,6H2,1-2H3. The number of hydrogen-bond acceptors (Lipinski definition) is 3. The molecule has 0 saturated carbocycles. The Bertz CT molecular complexity index is 329. The summed E-state index contributed by atoms with van der Waals surface area (Å²) in [7, 11) is -1.54. The minimum atomic E-state index is -3.16. The van der Waals surface area contributed by atoms with Crippen LogP contribution in [-0.4, -0.2) is 27.9 Å². The zero-order valence-corrected chi connectivity index (χ0v) is 8.47. The molecule has 1 atom stereocenters. The van der Waals surface area contributed by atoms with Crippen molar-refractivity contribution in [1.29, 1.82) is 0 Å². The molecule has 0 fully saturated rings. The van der Waals surface area contributed by atoms with Gasteiger partial charge in [0.15, 0.2) is 0 Å². The Morgan fingerprint density at radius 3 is 2.69 bits per heavy atom. The Hall–Kier alpha value is -0.810. The van der Waals surface area contributed by atoms with E-state index in [1.807, 2.05) is 6.08 Å². The number of sulfonamides is 1. The summed E-state index contributed by atoms with van der Waals surface area (Å²) in [6.45, 7) is 0. The highest BCUT2D eigenvalue weighted by Gasteiger charge is 2.09. The lowest BCUT2D eigenvalue weighted by Crippen LogP contribution is -2.22. The summed E-state index contributed by atoms with van der Waals surface area (Å²) in [4.78, 5) is 0. The molecule has 0 radical (unpaired) electrons. The van der Waals surface area contributed by atoms with Gasteiger partial charge in [-0.2, -0.15) is 0 Å². The molecule has 13 heavy (non-hydrogen) atoms. The maximum absolute atomic E-state index is 10.8. The molecule has 1 unspecified atom stereocenters. The van der Waals surface area contributed by atoms with Gasteiger partial charge >= 0.3 is 0 Å². The lowest BCUT2D eigenvalue weighted by molar-refractivity contribution is 0.142. The Morgan fingerprint density at radius 1 is 1.62 bits per heavy atom. The molecule has 0 heterocycles. The van der Waals surface area contributed by atoms with E-state index in [9.17, 15) is 8.42 Å². The highest BCUT2D eigenvalue weighted by Crippen LogP contribution is 2.10. The van der Waals surface area contributed by atoms with Crippen molar-refractivity contribution in [3.8, 4) is 0 Å². The minimum Gasteiger partial charge on any atom is -0.377 e. The van der Waals surface area contributed by atoms with Gasteiger partial charge in [0.25, 0.3) is 0 Å². The molecule has 0 aromatic rings. The Kier molecular flexibility index (Phi) is 3.11. The molecular weight excluding hydrogens is 190 g/mol. The summed E-state index contributed by atoms with van der Waals surface area (Å²) >= 11 is 0. The van der Waals surface area contributed by atoms with E-state index in [2.05, 4.69) is 4.72 Å². The second kappa shape index (κ2) is 3.93. The predicted octanol–water partition coefficient (Wildman–Crippen LogP) is 0.394. The third-order valence-corrected chi connectivity index (χ3v) is 2.27. The number of nitrogens with one attached hydrogen (secondary N) is 1. The van der Waals surface area contributed by atoms with Crippen molar-refractivity contribution in [1.82, 2.24) is 4.72 Å². The molecule has 0 aliphatic heterocycles. The number of allylic oxidation sites excluding steroid dienone is 1. The molecule has 74 valence electrons. The normalized spacial score (nSPS) is 22.6. The van der Waals surface area contributed by atoms with Crippen LogP contribution in [0.15, 0.2) is 23.9 Å². The van der Waals surface area contributed by atoms with Crippen LogP contribution in [0.3, 0.4) is 0 Å². The van der Waals surface area contributed by atoms with Gasteiger partial charge in [-0.25, -0.2) is 8.42 Å². The van der Waals surface area contributed by atoms with E-state index < -0.39 is 10.0 Å². The predicted molar refractivity (Wildman–Crippen MR) is 50.6 cm³/mol. The van der Waals surface area contributed by atoms with Crippen LogP contribution in [0, 0.1) is 0 Å². The summed E-state index contributed by atoms with van der Waals surface area (Å²) in [5.41, 5.74) is 0.607. The molecule has 0 saturated heterocycles. The van der Waals surface area contributed by atoms with E-state index in [1.165, 1.54) is 0 Å². The van der Waals surface area contributed by atoms with Gasteiger partial charge in [0.05, 0.1) is 12.4 Å². The molecular formula is C8H13NO3S. The van der Waals surface area contributed by atoms with Gasteiger partial charge in [0, 0.05) is 12.8 Å². The first kappa shape index (κ1) is 10.3. The van der Waals surface area contributed by atoms with Crippen LogP contribution in [0.25, 0.3) is 0 Å². The Labute approximate surface area is 78.3 Å². The van der Waals surface area contributed by atoms with Crippen LogP contribution in [0.2, 0.25) is 0 Å². The van der Waals surface area contributed by atoms with Crippen LogP contribution in [0.5, 0.6) is 0 Å². The molecule has 0 amide bonds. The fraction of sp³-hybridized carbons (Fsp3) is 0.500. The second-order valence-corrected chi connectivity index (χ2v) is 4.65. The number of ether oxygens (including phenoxy) is 1. The molecule has 1 aliphatic rings. The van der Waals surface area contributed by atoms with E-state index in [1.54, 1.807) is 19.3 Å². The second-order valence-electron chi connectivity index (χ2n) is 2.90. The molecule has 0 bridgehead atoms. The molecule has 0 spiro atoms. The van der Waals surface area contributed by atoms with Gasteiger partial charge in [-0.15, -0.1) is 0 Å². The smallest absolute Gasteiger partial charge is 0.229 e. The fourth-order valence-corrected chi connectivity index (χ4v) is 1.64. The van der Waals surface area contributed by atoms with E-state index >= 15 is 0 Å². The fourth-order valence-electron chi connectivity index (χ4n) is 1.07. The van der Waals surface area contributed by atoms with Crippen molar-refractivity contribution in [3.05, 3.63) is 23.9 Å². The van der Waals surface area contributed by atoms with Crippen molar-refractivity contribution in [3.63, 3.8) is 0 Å². The van der Waals surface area contributed by atoms with Gasteiger partial charge in [-0.1, -0.05) is 12.2 Å². The molecule has 0 aromatic carbocycles. The number of rotatable bonds is 3. The van der Waals surface area contributed by atoms with Crippen LogP contribution < -0.4 is 4.72 Å². The number of methoxy groups -OCH3 is 1. The highest BCUT2D eigenvalue weighted by molar-refractivity contribution is 7.88. The van der Waals surface area contributed by atoms with E-state index in [0.29, 0.717) is 12.1 Å². The molecule has 4 nitrogen and oxygen atoms in total. The first-order valence-corrected chi connectivity index (χ1v) is 5.79. The first-order valence-electron chi connectivity index (χ1n) is 3.90. The minimum absolute atomic E-state index is 0.0603. The lowest BCUT2D eigenvalue weighted by Gasteiger charge is -2.14. The summed E-state index contributed by atoms with van der Waals surface area (Å²) in [5, 5.41) is 0. The Morgan fingerprint density at radius 2 is 2.31 bits per heavy atom. The SMILES string of the molecule is COC1C=CC(NS(C)(=O)=O)=CC1. The summed E-state index contributed by atoms with van der Waals surface area (Å²) in [6.07, 6.45) is 7.22. The maximum Gasteiger partial charge on any atom is 0.229 e. The third kappa shape index (κ3) is 3.61. The maximum atomic E-state index is 10.8. The van der Waals surface area contributed by atoms with Crippen molar-refractivity contribution >= 4 is 10.0 Å². The van der Waals surface area contributed by atoms with Gasteiger partial charge < -0.3 is 4.74 Å². The van der Waals surface area contributed by atoms with E-state index in [-0.39, 0.29) is 6.10 Å². The van der Waals surface area contributed by atoms with Crippen molar-refractivity contribution in [2.45, 2.75) is 12.5 Å². The lowest BCUT2D eigenvalue weighted by atomic mass is 10.1. The largest absolute Gasteiger partial charge is 0.377 e. The van der Waals surface area contributed by atoms with Gasteiger partial charge in [-0.05, 0) is 12.5 Å². The monoisotopic (exact) mass is 203 g/mol.